The molecule has 3 amide bonds. The van der Waals surface area contributed by atoms with Crippen molar-refractivity contribution in [2.24, 2.45) is 0 Å². The summed E-state index contributed by atoms with van der Waals surface area (Å²) in [6.45, 7) is 0.320. The van der Waals surface area contributed by atoms with Gasteiger partial charge in [-0.25, -0.2) is 4.79 Å². The number of hydrogen-bond acceptors (Lipinski definition) is 4. The molecule has 0 bridgehead atoms. The molecular formula is C6H4N4O2. The summed E-state index contributed by atoms with van der Waals surface area (Å²) in [6.07, 6.45) is 0. The molecule has 60 valence electrons. The first-order valence-corrected chi connectivity index (χ1v) is 3.10. The number of imide groups is 1. The van der Waals surface area contributed by atoms with Crippen LogP contribution in [0.1, 0.15) is 0 Å². The average molecular weight is 164 g/mol. The van der Waals surface area contributed by atoms with E-state index in [-0.39, 0.29) is 0 Å². The van der Waals surface area contributed by atoms with Crippen LogP contribution in [-0.4, -0.2) is 29.4 Å². The van der Waals surface area contributed by atoms with Crippen molar-refractivity contribution < 1.29 is 9.59 Å². The van der Waals surface area contributed by atoms with Crippen molar-refractivity contribution in [2.45, 2.75) is 6.04 Å². The van der Waals surface area contributed by atoms with Crippen LogP contribution in [0.15, 0.2) is 0 Å². The molecule has 0 aromatic carbocycles. The van der Waals surface area contributed by atoms with Gasteiger partial charge < -0.3 is 4.90 Å². The van der Waals surface area contributed by atoms with Crippen LogP contribution >= 0.6 is 0 Å². The maximum atomic E-state index is 10.8. The number of carbonyl (C=O) groups excluding carboxylic acids is 2. The summed E-state index contributed by atoms with van der Waals surface area (Å²) >= 11 is 0. The van der Waals surface area contributed by atoms with E-state index in [1.807, 2.05) is 6.07 Å². The molecule has 6 heteroatoms. The van der Waals surface area contributed by atoms with Gasteiger partial charge in [0.05, 0.1) is 12.6 Å². The molecule has 12 heavy (non-hydrogen) atoms. The lowest BCUT2D eigenvalue weighted by Crippen LogP contribution is -2.33. The van der Waals surface area contributed by atoms with Gasteiger partial charge in [0.15, 0.2) is 6.07 Å². The molecule has 0 spiro atoms. The van der Waals surface area contributed by atoms with E-state index in [2.05, 4.69) is 0 Å². The number of rotatable bonds is 0. The molecule has 0 radical (unpaired) electrons. The Labute approximate surface area is 68.0 Å². The second kappa shape index (κ2) is 2.89. The molecule has 1 rings (SSSR count). The monoisotopic (exact) mass is 164 g/mol. The van der Waals surface area contributed by atoms with E-state index in [4.69, 9.17) is 10.5 Å². The van der Waals surface area contributed by atoms with Gasteiger partial charge in [-0.15, -0.1) is 0 Å². The predicted molar refractivity (Wildman–Crippen MR) is 35.3 cm³/mol. The smallest absolute Gasteiger partial charge is 0.303 e. The molecule has 1 saturated heterocycles. The minimum atomic E-state index is -1.01. The summed E-state index contributed by atoms with van der Waals surface area (Å²) in [5.41, 5.74) is 0. The molecule has 0 aliphatic carbocycles. The highest BCUT2D eigenvalue weighted by molar-refractivity contribution is 6.03. The third-order valence-electron chi connectivity index (χ3n) is 1.34. The quantitative estimate of drug-likeness (QED) is 0.365. The van der Waals surface area contributed by atoms with Gasteiger partial charge in [0.1, 0.15) is 6.04 Å². The zero-order valence-electron chi connectivity index (χ0n) is 5.94. The van der Waals surface area contributed by atoms with Crippen molar-refractivity contribution in [2.75, 3.05) is 6.54 Å². The molecule has 0 aromatic heterocycles. The normalized spacial score (nSPS) is 18.8. The van der Waals surface area contributed by atoms with Gasteiger partial charge >= 0.3 is 11.9 Å². The van der Waals surface area contributed by atoms with Crippen LogP contribution in [0.3, 0.4) is 0 Å². The highest BCUT2D eigenvalue weighted by atomic mass is 16.2. The van der Waals surface area contributed by atoms with E-state index in [1.54, 1.807) is 5.32 Å². The summed E-state index contributed by atoms with van der Waals surface area (Å²) in [4.78, 5) is 22.3. The Hall–Kier alpha value is -2.08. The Bertz CT molecular complexity index is 310. The minimum Gasteiger partial charge on any atom is -0.303 e. The van der Waals surface area contributed by atoms with Gasteiger partial charge in [0.25, 0.3) is 0 Å². The molecule has 0 saturated carbocycles. The lowest BCUT2D eigenvalue weighted by atomic mass is 10.5. The van der Waals surface area contributed by atoms with Crippen LogP contribution in [0.2, 0.25) is 0 Å². The Kier molecular flexibility index (Phi) is 1.93. The zero-order chi connectivity index (χ0) is 9.14. The number of nitriles is 2. The fraction of sp³-hybridized carbons (Fsp3) is 0.333. The maximum Gasteiger partial charge on any atom is 0.330 e. The molecule has 1 aliphatic rings. The van der Waals surface area contributed by atoms with Crippen molar-refractivity contribution in [1.29, 1.82) is 10.5 Å². The van der Waals surface area contributed by atoms with E-state index in [9.17, 15) is 9.59 Å². The van der Waals surface area contributed by atoms with Gasteiger partial charge in [0, 0.05) is 0 Å². The third-order valence-corrected chi connectivity index (χ3v) is 1.34. The van der Waals surface area contributed by atoms with Crippen molar-refractivity contribution in [3.05, 3.63) is 0 Å². The summed E-state index contributed by atoms with van der Waals surface area (Å²) in [7, 11) is 0. The summed E-state index contributed by atoms with van der Waals surface area (Å²) in [5, 5.41) is 18.1. The van der Waals surface area contributed by atoms with Crippen molar-refractivity contribution >= 4 is 11.9 Å². The maximum absolute atomic E-state index is 10.8. The standard InChI is InChI=1S/C6H4N4O2/c7-1-4-3-10(4)6(12)9-5(11)2-8/h4H,3H2,(H,9,11,12). The van der Waals surface area contributed by atoms with Crippen LogP contribution < -0.4 is 5.32 Å². The Balaban J connectivity index is 2.39. The Morgan fingerprint density at radius 3 is 2.58 bits per heavy atom. The minimum absolute atomic E-state index is 0.320. The van der Waals surface area contributed by atoms with E-state index < -0.39 is 18.0 Å². The second-order valence-corrected chi connectivity index (χ2v) is 2.17. The van der Waals surface area contributed by atoms with Gasteiger partial charge in [-0.3, -0.25) is 10.1 Å². The molecule has 1 unspecified atom stereocenters. The molecule has 1 aliphatic heterocycles. The van der Waals surface area contributed by atoms with Gasteiger partial charge in [-0.1, -0.05) is 0 Å². The number of amides is 3. The first kappa shape index (κ1) is 8.02. The molecule has 1 fully saturated rings. The molecule has 0 aromatic rings. The van der Waals surface area contributed by atoms with Crippen LogP contribution in [0.5, 0.6) is 0 Å². The fourth-order valence-corrected chi connectivity index (χ4v) is 0.671. The Morgan fingerprint density at radius 1 is 1.50 bits per heavy atom. The average Bonchev–Trinajstić information content (AvgIpc) is 2.82. The molecule has 1 N–H and O–H groups in total. The van der Waals surface area contributed by atoms with Gasteiger partial charge in [-0.05, 0) is 0 Å². The van der Waals surface area contributed by atoms with E-state index >= 15 is 0 Å². The first-order valence-electron chi connectivity index (χ1n) is 3.10. The van der Waals surface area contributed by atoms with E-state index in [1.165, 1.54) is 6.07 Å². The lowest BCUT2D eigenvalue weighted by molar-refractivity contribution is -0.114. The number of carbonyl (C=O) groups is 2. The van der Waals surface area contributed by atoms with Crippen LogP contribution in [0, 0.1) is 22.7 Å². The summed E-state index contributed by atoms with van der Waals surface area (Å²) < 4.78 is 0. The fourth-order valence-electron chi connectivity index (χ4n) is 0.671. The van der Waals surface area contributed by atoms with Crippen LogP contribution in [0.4, 0.5) is 4.79 Å². The molecule has 1 atom stereocenters. The molecule has 6 nitrogen and oxygen atoms in total. The van der Waals surface area contributed by atoms with Crippen LogP contribution in [-0.2, 0) is 4.79 Å². The molecular weight excluding hydrogens is 160 g/mol. The third kappa shape index (κ3) is 1.50. The van der Waals surface area contributed by atoms with Gasteiger partial charge in [-0.2, -0.15) is 10.5 Å². The largest absolute Gasteiger partial charge is 0.330 e. The summed E-state index contributed by atoms with van der Waals surface area (Å²) in [6, 6.07) is 1.93. The topological polar surface area (TPSA) is 96.8 Å². The van der Waals surface area contributed by atoms with E-state index in [0.717, 1.165) is 4.90 Å². The predicted octanol–water partition coefficient (Wildman–Crippen LogP) is -1.05. The van der Waals surface area contributed by atoms with Crippen LogP contribution in [0.25, 0.3) is 0 Å². The Morgan fingerprint density at radius 2 is 2.17 bits per heavy atom. The summed E-state index contributed by atoms with van der Waals surface area (Å²) in [5.74, 6) is -1.01. The zero-order valence-corrected chi connectivity index (χ0v) is 5.94. The highest BCUT2D eigenvalue weighted by Gasteiger charge is 2.39. The van der Waals surface area contributed by atoms with Crippen molar-refractivity contribution in [1.82, 2.24) is 10.2 Å². The highest BCUT2D eigenvalue weighted by Crippen LogP contribution is 2.14. The van der Waals surface area contributed by atoms with Crippen molar-refractivity contribution in [3.8, 4) is 12.1 Å². The second-order valence-electron chi connectivity index (χ2n) is 2.17. The lowest BCUT2D eigenvalue weighted by Gasteiger charge is -1.98. The van der Waals surface area contributed by atoms with E-state index in [0.29, 0.717) is 6.54 Å². The number of urea groups is 1. The molecule has 1 heterocycles. The first-order chi connectivity index (χ1) is 5.69. The number of hydrogen-bond donors (Lipinski definition) is 1. The SMILES string of the molecule is N#CC(=O)NC(=O)N1CC1C#N. The number of nitrogens with zero attached hydrogens (tertiary/aromatic N) is 3. The van der Waals surface area contributed by atoms with Crippen molar-refractivity contribution in [3.63, 3.8) is 0 Å². The van der Waals surface area contributed by atoms with Gasteiger partial charge in [0.2, 0.25) is 0 Å². The number of nitrogens with one attached hydrogen (secondary N) is 1.